The van der Waals surface area contributed by atoms with Gasteiger partial charge in [0.1, 0.15) is 11.9 Å². The van der Waals surface area contributed by atoms with E-state index in [0.29, 0.717) is 5.56 Å². The van der Waals surface area contributed by atoms with Gasteiger partial charge in [-0.25, -0.2) is 4.39 Å². The van der Waals surface area contributed by atoms with E-state index in [1.807, 2.05) is 13.8 Å². The molecule has 0 radical (unpaired) electrons. The number of amides is 1. The van der Waals surface area contributed by atoms with Gasteiger partial charge in [0.25, 0.3) is 0 Å². The largest absolute Gasteiger partial charge is 0.366 e. The van der Waals surface area contributed by atoms with Crippen LogP contribution in [-0.2, 0) is 16.1 Å². The Balaban J connectivity index is 2.55. The van der Waals surface area contributed by atoms with Crippen LogP contribution in [0.4, 0.5) is 4.39 Å². The lowest BCUT2D eigenvalue weighted by Gasteiger charge is -2.16. The summed E-state index contributed by atoms with van der Waals surface area (Å²) < 4.78 is 18.9. The van der Waals surface area contributed by atoms with Gasteiger partial charge in [-0.1, -0.05) is 23.7 Å². The fourth-order valence-electron chi connectivity index (χ4n) is 1.48. The third-order valence-electron chi connectivity index (χ3n) is 2.33. The number of nitrogens with one attached hydrogen (secondary N) is 1. The van der Waals surface area contributed by atoms with Gasteiger partial charge in [-0.3, -0.25) is 4.79 Å². The minimum atomic E-state index is -0.563. The summed E-state index contributed by atoms with van der Waals surface area (Å²) in [6, 6.07) is 4.68. The quantitative estimate of drug-likeness (QED) is 0.896. The summed E-state index contributed by atoms with van der Waals surface area (Å²) in [7, 11) is 0. The molecule has 0 heterocycles. The maximum Gasteiger partial charge on any atom is 0.249 e. The molecule has 0 aliphatic carbocycles. The molecule has 1 aromatic rings. The first-order chi connectivity index (χ1) is 8.41. The van der Waals surface area contributed by atoms with Gasteiger partial charge < -0.3 is 10.1 Å². The molecule has 1 rings (SSSR count). The number of hydrogen-bond donors (Lipinski definition) is 1. The minimum absolute atomic E-state index is 0.0337. The van der Waals surface area contributed by atoms with E-state index in [0.717, 1.165) is 0 Å². The van der Waals surface area contributed by atoms with Crippen molar-refractivity contribution >= 4 is 17.5 Å². The fraction of sp³-hybridized carbons (Fsp3) is 0.462. The molecular formula is C13H17ClFNO2. The van der Waals surface area contributed by atoms with Crippen molar-refractivity contribution in [3.8, 4) is 0 Å². The van der Waals surface area contributed by atoms with Crippen LogP contribution in [0.5, 0.6) is 0 Å². The van der Waals surface area contributed by atoms with E-state index in [1.165, 1.54) is 6.07 Å². The molecule has 18 heavy (non-hydrogen) atoms. The van der Waals surface area contributed by atoms with Crippen LogP contribution in [0.25, 0.3) is 0 Å². The Morgan fingerprint density at radius 1 is 1.44 bits per heavy atom. The van der Waals surface area contributed by atoms with Gasteiger partial charge in [0.15, 0.2) is 0 Å². The van der Waals surface area contributed by atoms with Crippen LogP contribution in [0, 0.1) is 5.82 Å². The molecule has 0 aliphatic rings. The van der Waals surface area contributed by atoms with Crippen molar-refractivity contribution in [2.24, 2.45) is 0 Å². The lowest BCUT2D eigenvalue weighted by molar-refractivity contribution is -0.134. The molecule has 0 fully saturated rings. The van der Waals surface area contributed by atoms with Crippen LogP contribution >= 0.6 is 11.6 Å². The molecule has 0 bridgehead atoms. The van der Waals surface area contributed by atoms with Gasteiger partial charge in [-0.15, -0.1) is 0 Å². The second-order valence-electron chi connectivity index (χ2n) is 4.26. The Morgan fingerprint density at radius 3 is 2.72 bits per heavy atom. The number of ether oxygens (including phenoxy) is 1. The monoisotopic (exact) mass is 273 g/mol. The third kappa shape index (κ3) is 4.27. The average molecular weight is 274 g/mol. The summed E-state index contributed by atoms with van der Waals surface area (Å²) in [5, 5.41) is 2.66. The van der Waals surface area contributed by atoms with E-state index in [9.17, 15) is 9.18 Å². The van der Waals surface area contributed by atoms with Crippen molar-refractivity contribution in [2.45, 2.75) is 39.5 Å². The Hall–Kier alpha value is -1.13. The molecule has 0 aliphatic heterocycles. The normalized spacial score (nSPS) is 12.6. The predicted octanol–water partition coefficient (Wildman–Crippen LogP) is 2.91. The lowest BCUT2D eigenvalue weighted by Crippen LogP contribution is -2.35. The number of rotatable bonds is 5. The molecule has 1 N–H and O–H groups in total. The molecule has 1 aromatic carbocycles. The van der Waals surface area contributed by atoms with Gasteiger partial charge in [-0.2, -0.15) is 0 Å². The number of benzene rings is 1. The third-order valence-corrected chi connectivity index (χ3v) is 2.62. The van der Waals surface area contributed by atoms with Crippen molar-refractivity contribution in [1.29, 1.82) is 0 Å². The Kier molecular flexibility index (Phi) is 5.56. The van der Waals surface area contributed by atoms with E-state index >= 15 is 0 Å². The number of hydrogen-bond acceptors (Lipinski definition) is 2. The first-order valence-corrected chi connectivity index (χ1v) is 6.15. The van der Waals surface area contributed by atoms with E-state index < -0.39 is 11.9 Å². The minimum Gasteiger partial charge on any atom is -0.366 e. The molecule has 0 aromatic heterocycles. The highest BCUT2D eigenvalue weighted by atomic mass is 35.5. The Labute approximate surface area is 111 Å². The van der Waals surface area contributed by atoms with Crippen LogP contribution in [0.1, 0.15) is 26.3 Å². The SMILES string of the molecule is CC(C)OC(C)C(=O)NCc1cccc(Cl)c1F. The molecule has 0 spiro atoms. The van der Waals surface area contributed by atoms with Crippen LogP contribution < -0.4 is 5.32 Å². The molecular weight excluding hydrogens is 257 g/mol. The van der Waals surface area contributed by atoms with E-state index in [1.54, 1.807) is 19.1 Å². The maximum atomic E-state index is 13.5. The van der Waals surface area contributed by atoms with Crippen LogP contribution in [0.15, 0.2) is 18.2 Å². The molecule has 3 nitrogen and oxygen atoms in total. The molecule has 1 atom stereocenters. The highest BCUT2D eigenvalue weighted by Gasteiger charge is 2.15. The fourth-order valence-corrected chi connectivity index (χ4v) is 1.68. The topological polar surface area (TPSA) is 38.3 Å². The molecule has 100 valence electrons. The maximum absolute atomic E-state index is 13.5. The molecule has 0 saturated heterocycles. The zero-order chi connectivity index (χ0) is 13.7. The Morgan fingerprint density at radius 2 is 2.11 bits per heavy atom. The standard InChI is InChI=1S/C13H17ClFNO2/c1-8(2)18-9(3)13(17)16-7-10-5-4-6-11(14)12(10)15/h4-6,8-9H,7H2,1-3H3,(H,16,17). The highest BCUT2D eigenvalue weighted by molar-refractivity contribution is 6.30. The first-order valence-electron chi connectivity index (χ1n) is 5.78. The zero-order valence-electron chi connectivity index (χ0n) is 10.7. The van der Waals surface area contributed by atoms with Crippen molar-refractivity contribution in [1.82, 2.24) is 5.32 Å². The number of halogens is 2. The molecule has 5 heteroatoms. The molecule has 1 unspecified atom stereocenters. The van der Waals surface area contributed by atoms with E-state index in [-0.39, 0.29) is 23.6 Å². The zero-order valence-corrected chi connectivity index (χ0v) is 11.4. The second kappa shape index (κ2) is 6.71. The predicted molar refractivity (Wildman–Crippen MR) is 68.9 cm³/mol. The van der Waals surface area contributed by atoms with E-state index in [2.05, 4.69) is 5.32 Å². The van der Waals surface area contributed by atoms with Crippen molar-refractivity contribution < 1.29 is 13.9 Å². The smallest absolute Gasteiger partial charge is 0.249 e. The van der Waals surface area contributed by atoms with Gasteiger partial charge in [0, 0.05) is 12.1 Å². The highest BCUT2D eigenvalue weighted by Crippen LogP contribution is 2.17. The van der Waals surface area contributed by atoms with Gasteiger partial charge in [-0.05, 0) is 26.8 Å². The number of carbonyl (C=O) groups excluding carboxylic acids is 1. The Bertz CT molecular complexity index is 423. The first kappa shape index (κ1) is 14.9. The summed E-state index contributed by atoms with van der Waals surface area (Å²) in [6.07, 6.45) is -0.596. The summed E-state index contributed by atoms with van der Waals surface area (Å²) in [5.41, 5.74) is 0.354. The summed E-state index contributed by atoms with van der Waals surface area (Å²) in [4.78, 5) is 11.7. The summed E-state index contributed by atoms with van der Waals surface area (Å²) in [5.74, 6) is -0.778. The van der Waals surface area contributed by atoms with E-state index in [4.69, 9.17) is 16.3 Å². The summed E-state index contributed by atoms with van der Waals surface area (Å²) in [6.45, 7) is 5.45. The molecule has 0 saturated carbocycles. The lowest BCUT2D eigenvalue weighted by atomic mass is 10.2. The van der Waals surface area contributed by atoms with Gasteiger partial charge in [0.2, 0.25) is 5.91 Å². The summed E-state index contributed by atoms with van der Waals surface area (Å²) >= 11 is 5.65. The van der Waals surface area contributed by atoms with Crippen LogP contribution in [0.2, 0.25) is 5.02 Å². The van der Waals surface area contributed by atoms with Crippen molar-refractivity contribution in [3.05, 3.63) is 34.6 Å². The van der Waals surface area contributed by atoms with Crippen molar-refractivity contribution in [2.75, 3.05) is 0 Å². The van der Waals surface area contributed by atoms with Crippen molar-refractivity contribution in [3.63, 3.8) is 0 Å². The van der Waals surface area contributed by atoms with Gasteiger partial charge >= 0.3 is 0 Å². The second-order valence-corrected chi connectivity index (χ2v) is 4.67. The average Bonchev–Trinajstić information content (AvgIpc) is 2.29. The molecule has 1 amide bonds. The van der Waals surface area contributed by atoms with Gasteiger partial charge in [0.05, 0.1) is 11.1 Å². The van der Waals surface area contributed by atoms with Crippen LogP contribution in [0.3, 0.4) is 0 Å². The number of carbonyl (C=O) groups is 1. The van der Waals surface area contributed by atoms with Crippen LogP contribution in [-0.4, -0.2) is 18.1 Å².